The zero-order valence-electron chi connectivity index (χ0n) is 10.2. The van der Waals surface area contributed by atoms with Gasteiger partial charge in [0.2, 0.25) is 0 Å². The second kappa shape index (κ2) is 5.45. The lowest BCUT2D eigenvalue weighted by molar-refractivity contribution is -0.137. The molecule has 0 spiro atoms. The van der Waals surface area contributed by atoms with Crippen molar-refractivity contribution in [2.45, 2.75) is 19.3 Å². The molecule has 1 atom stereocenters. The Morgan fingerprint density at radius 3 is 2.22 bits per heavy atom. The van der Waals surface area contributed by atoms with Crippen molar-refractivity contribution >= 4 is 5.97 Å². The van der Waals surface area contributed by atoms with Gasteiger partial charge in [-0.3, -0.25) is 9.78 Å². The van der Waals surface area contributed by atoms with Gasteiger partial charge in [0, 0.05) is 12.4 Å². The predicted octanol–water partition coefficient (Wildman–Crippen LogP) is 3.33. The summed E-state index contributed by atoms with van der Waals surface area (Å²) in [5.41, 5.74) is 3.28. The fourth-order valence-corrected chi connectivity index (χ4v) is 1.93. The molecule has 0 saturated carbocycles. The Hall–Kier alpha value is -2.16. The highest BCUT2D eigenvalue weighted by molar-refractivity contribution is 5.68. The first-order chi connectivity index (χ1) is 8.66. The van der Waals surface area contributed by atoms with Gasteiger partial charge in [-0.25, -0.2) is 0 Å². The zero-order valence-corrected chi connectivity index (χ0v) is 10.2. The third-order valence-electron chi connectivity index (χ3n) is 2.97. The molecule has 1 aromatic heterocycles. The van der Waals surface area contributed by atoms with Gasteiger partial charge in [-0.15, -0.1) is 0 Å². The molecule has 92 valence electrons. The topological polar surface area (TPSA) is 50.2 Å². The molecule has 0 saturated heterocycles. The zero-order chi connectivity index (χ0) is 13.0. The smallest absolute Gasteiger partial charge is 0.303 e. The first-order valence-corrected chi connectivity index (χ1v) is 5.89. The number of hydrogen-bond acceptors (Lipinski definition) is 2. The van der Waals surface area contributed by atoms with Crippen LogP contribution in [0.1, 0.15) is 24.8 Å². The number of rotatable bonds is 4. The molecule has 0 radical (unpaired) electrons. The van der Waals surface area contributed by atoms with Gasteiger partial charge in [0.25, 0.3) is 0 Å². The first-order valence-electron chi connectivity index (χ1n) is 5.89. The molecule has 1 heterocycles. The molecule has 0 aliphatic heterocycles. The summed E-state index contributed by atoms with van der Waals surface area (Å²) < 4.78 is 0. The van der Waals surface area contributed by atoms with Crippen molar-refractivity contribution in [2.75, 3.05) is 0 Å². The summed E-state index contributed by atoms with van der Waals surface area (Å²) in [7, 11) is 0. The largest absolute Gasteiger partial charge is 0.481 e. The summed E-state index contributed by atoms with van der Waals surface area (Å²) in [6.45, 7) is 1.93. The van der Waals surface area contributed by atoms with Crippen molar-refractivity contribution in [3.8, 4) is 11.1 Å². The van der Waals surface area contributed by atoms with Crippen LogP contribution < -0.4 is 0 Å². The second-order valence-corrected chi connectivity index (χ2v) is 4.36. The molecular weight excluding hydrogens is 226 g/mol. The Morgan fingerprint density at radius 2 is 1.67 bits per heavy atom. The number of nitrogens with zero attached hydrogens (tertiary/aromatic N) is 1. The molecule has 1 aromatic carbocycles. The van der Waals surface area contributed by atoms with Crippen LogP contribution in [0.3, 0.4) is 0 Å². The first kappa shape index (κ1) is 12.3. The lowest BCUT2D eigenvalue weighted by Gasteiger charge is -2.10. The minimum absolute atomic E-state index is 0.0361. The summed E-state index contributed by atoms with van der Waals surface area (Å²) in [5.74, 6) is -0.727. The van der Waals surface area contributed by atoms with Crippen LogP contribution in [0.15, 0.2) is 48.8 Å². The highest BCUT2D eigenvalue weighted by Crippen LogP contribution is 2.23. The number of carboxylic acid groups (broad SMARTS) is 1. The maximum Gasteiger partial charge on any atom is 0.303 e. The molecule has 2 aromatic rings. The lowest BCUT2D eigenvalue weighted by Crippen LogP contribution is -2.02. The van der Waals surface area contributed by atoms with Crippen molar-refractivity contribution in [1.82, 2.24) is 4.98 Å². The number of benzene rings is 1. The molecule has 0 amide bonds. The Morgan fingerprint density at radius 1 is 1.11 bits per heavy atom. The summed E-state index contributed by atoms with van der Waals surface area (Å²) >= 11 is 0. The van der Waals surface area contributed by atoms with Crippen molar-refractivity contribution in [1.29, 1.82) is 0 Å². The molecule has 18 heavy (non-hydrogen) atoms. The normalized spacial score (nSPS) is 12.1. The van der Waals surface area contributed by atoms with E-state index in [1.807, 2.05) is 43.3 Å². The van der Waals surface area contributed by atoms with Crippen molar-refractivity contribution in [3.05, 3.63) is 54.4 Å². The molecule has 3 heteroatoms. The Balaban J connectivity index is 2.18. The van der Waals surface area contributed by atoms with E-state index in [-0.39, 0.29) is 12.3 Å². The summed E-state index contributed by atoms with van der Waals surface area (Å²) in [6, 6.07) is 11.9. The molecule has 0 bridgehead atoms. The van der Waals surface area contributed by atoms with Crippen LogP contribution in [0.2, 0.25) is 0 Å². The predicted molar refractivity (Wildman–Crippen MR) is 70.3 cm³/mol. The van der Waals surface area contributed by atoms with Crippen molar-refractivity contribution in [2.24, 2.45) is 0 Å². The van der Waals surface area contributed by atoms with Gasteiger partial charge in [-0.05, 0) is 34.7 Å². The van der Waals surface area contributed by atoms with Gasteiger partial charge < -0.3 is 5.11 Å². The quantitative estimate of drug-likeness (QED) is 0.893. The van der Waals surface area contributed by atoms with E-state index in [1.54, 1.807) is 12.4 Å². The summed E-state index contributed by atoms with van der Waals surface area (Å²) in [6.07, 6.45) is 3.68. The number of carboxylic acids is 1. The van der Waals surface area contributed by atoms with Crippen LogP contribution in [0.4, 0.5) is 0 Å². The number of aliphatic carboxylic acids is 1. The van der Waals surface area contributed by atoms with Gasteiger partial charge in [0.1, 0.15) is 0 Å². The van der Waals surface area contributed by atoms with E-state index in [0.29, 0.717) is 0 Å². The maximum atomic E-state index is 10.7. The third-order valence-corrected chi connectivity index (χ3v) is 2.97. The van der Waals surface area contributed by atoms with Gasteiger partial charge in [-0.2, -0.15) is 0 Å². The van der Waals surface area contributed by atoms with Gasteiger partial charge >= 0.3 is 5.97 Å². The van der Waals surface area contributed by atoms with Gasteiger partial charge in [0.15, 0.2) is 0 Å². The minimum atomic E-state index is -0.763. The monoisotopic (exact) mass is 241 g/mol. The van der Waals surface area contributed by atoms with Crippen LogP contribution in [0.25, 0.3) is 11.1 Å². The number of pyridine rings is 1. The van der Waals surface area contributed by atoms with E-state index in [4.69, 9.17) is 5.11 Å². The van der Waals surface area contributed by atoms with Crippen LogP contribution in [-0.4, -0.2) is 16.1 Å². The summed E-state index contributed by atoms with van der Waals surface area (Å²) in [4.78, 5) is 14.6. The molecule has 2 rings (SSSR count). The molecule has 3 nitrogen and oxygen atoms in total. The Bertz CT molecular complexity index is 520. The highest BCUT2D eigenvalue weighted by Gasteiger charge is 2.09. The summed E-state index contributed by atoms with van der Waals surface area (Å²) in [5, 5.41) is 8.77. The van der Waals surface area contributed by atoms with Gasteiger partial charge in [0.05, 0.1) is 6.42 Å². The lowest BCUT2D eigenvalue weighted by atomic mass is 9.95. The second-order valence-electron chi connectivity index (χ2n) is 4.36. The van der Waals surface area contributed by atoms with Crippen LogP contribution in [0.5, 0.6) is 0 Å². The third kappa shape index (κ3) is 2.94. The molecule has 1 unspecified atom stereocenters. The molecule has 0 fully saturated rings. The van der Waals surface area contributed by atoms with Gasteiger partial charge in [-0.1, -0.05) is 31.2 Å². The van der Waals surface area contributed by atoms with E-state index < -0.39 is 5.97 Å². The number of carbonyl (C=O) groups is 1. The van der Waals surface area contributed by atoms with Crippen LogP contribution >= 0.6 is 0 Å². The SMILES string of the molecule is CC(CC(=O)O)c1ccc(-c2ccncc2)cc1. The minimum Gasteiger partial charge on any atom is -0.481 e. The number of aromatic nitrogens is 1. The van der Waals surface area contributed by atoms with E-state index in [9.17, 15) is 4.79 Å². The fourth-order valence-electron chi connectivity index (χ4n) is 1.93. The average molecular weight is 241 g/mol. The highest BCUT2D eigenvalue weighted by atomic mass is 16.4. The average Bonchev–Trinajstić information content (AvgIpc) is 2.39. The Kier molecular flexibility index (Phi) is 3.72. The van der Waals surface area contributed by atoms with Crippen molar-refractivity contribution in [3.63, 3.8) is 0 Å². The van der Waals surface area contributed by atoms with Crippen LogP contribution in [-0.2, 0) is 4.79 Å². The molecule has 1 N–H and O–H groups in total. The number of hydrogen-bond donors (Lipinski definition) is 1. The van der Waals surface area contributed by atoms with E-state index in [0.717, 1.165) is 16.7 Å². The molecular formula is C15H15NO2. The fraction of sp³-hybridized carbons (Fsp3) is 0.200. The Labute approximate surface area is 106 Å². The van der Waals surface area contributed by atoms with E-state index in [1.165, 1.54) is 0 Å². The molecule has 0 aliphatic rings. The van der Waals surface area contributed by atoms with Crippen molar-refractivity contribution < 1.29 is 9.90 Å². The van der Waals surface area contributed by atoms with Crippen LogP contribution in [0, 0.1) is 0 Å². The molecule has 0 aliphatic carbocycles. The van der Waals surface area contributed by atoms with E-state index in [2.05, 4.69) is 4.98 Å². The van der Waals surface area contributed by atoms with E-state index >= 15 is 0 Å². The maximum absolute atomic E-state index is 10.7. The standard InChI is InChI=1S/C15H15NO2/c1-11(10-15(17)18)12-2-4-13(5-3-12)14-6-8-16-9-7-14/h2-9,11H,10H2,1H3,(H,17,18).